The molecule has 8 heteroatoms. The summed E-state index contributed by atoms with van der Waals surface area (Å²) < 4.78 is 5.99. The van der Waals surface area contributed by atoms with E-state index >= 15 is 0 Å². The molecule has 2 aromatic carbocycles. The molecule has 1 aliphatic carbocycles. The standard InChI is InChI=1S/C27H39N5O3/c1-30-27(34)25(22-12-13-22)31-15-16-35-24-7-3-2-5-21(24)6-4-14-32-26(33)23(29)17-19-8-10-20(18-28)11-9-19/h2-3,5,7-11,22-23,25,31H,4,6,12-18,28-29H2,1H3,(H,30,34)(H,32,33)/t23-,25+/m1/s1. The molecule has 8 nitrogen and oxygen atoms in total. The van der Waals surface area contributed by atoms with Crippen molar-refractivity contribution in [3.63, 3.8) is 0 Å². The molecule has 0 saturated heterocycles. The van der Waals surface area contributed by atoms with Crippen LogP contribution in [0.1, 0.15) is 36.0 Å². The van der Waals surface area contributed by atoms with Gasteiger partial charge in [-0.05, 0) is 60.8 Å². The summed E-state index contributed by atoms with van der Waals surface area (Å²) in [5.41, 5.74) is 14.9. The first-order chi connectivity index (χ1) is 17.0. The van der Waals surface area contributed by atoms with Crippen molar-refractivity contribution in [2.45, 2.75) is 50.7 Å². The summed E-state index contributed by atoms with van der Waals surface area (Å²) in [6.07, 6.45) is 4.24. The van der Waals surface area contributed by atoms with Crippen molar-refractivity contribution >= 4 is 11.8 Å². The van der Waals surface area contributed by atoms with Gasteiger partial charge in [-0.25, -0.2) is 0 Å². The monoisotopic (exact) mass is 481 g/mol. The fraction of sp³-hybridized carbons (Fsp3) is 0.481. The SMILES string of the molecule is CNC(=O)[C@@H](NCCOc1ccccc1CCCNC(=O)[C@H](N)Cc1ccc(CN)cc1)C1CC1. The van der Waals surface area contributed by atoms with Crippen LogP contribution in [-0.2, 0) is 29.0 Å². The van der Waals surface area contributed by atoms with Crippen molar-refractivity contribution in [1.82, 2.24) is 16.0 Å². The Balaban J connectivity index is 1.36. The van der Waals surface area contributed by atoms with Gasteiger partial charge in [0, 0.05) is 26.7 Å². The van der Waals surface area contributed by atoms with E-state index in [1.165, 1.54) is 0 Å². The molecule has 0 aliphatic heterocycles. The van der Waals surface area contributed by atoms with Crippen molar-refractivity contribution in [2.75, 3.05) is 26.7 Å². The second-order valence-corrected chi connectivity index (χ2v) is 9.07. The Morgan fingerprint density at radius 2 is 1.74 bits per heavy atom. The summed E-state index contributed by atoms with van der Waals surface area (Å²) in [5.74, 6) is 1.16. The van der Waals surface area contributed by atoms with Crippen molar-refractivity contribution in [3.8, 4) is 5.75 Å². The number of para-hydroxylation sites is 1. The second-order valence-electron chi connectivity index (χ2n) is 9.07. The molecule has 7 N–H and O–H groups in total. The van der Waals surface area contributed by atoms with Crippen molar-refractivity contribution < 1.29 is 14.3 Å². The second kappa shape index (κ2) is 13.8. The Hall–Kier alpha value is -2.94. The first-order valence-corrected chi connectivity index (χ1v) is 12.5. The number of carbonyl (C=O) groups is 2. The zero-order valence-corrected chi connectivity index (χ0v) is 20.6. The Labute approximate surface area is 208 Å². The maximum atomic E-state index is 12.4. The molecule has 2 atom stereocenters. The summed E-state index contributed by atoms with van der Waals surface area (Å²) >= 11 is 0. The van der Waals surface area contributed by atoms with Gasteiger partial charge in [0.25, 0.3) is 0 Å². The highest BCUT2D eigenvalue weighted by Crippen LogP contribution is 2.32. The summed E-state index contributed by atoms with van der Waals surface area (Å²) in [5, 5.41) is 8.99. The van der Waals surface area contributed by atoms with Crippen LogP contribution in [0.15, 0.2) is 48.5 Å². The normalized spacial score (nSPS) is 14.7. The summed E-state index contributed by atoms with van der Waals surface area (Å²) in [6, 6.07) is 15.1. The van der Waals surface area contributed by atoms with Crippen LogP contribution in [-0.4, -0.2) is 50.6 Å². The molecule has 0 bridgehead atoms. The number of hydrogen-bond donors (Lipinski definition) is 5. The number of rotatable bonds is 15. The highest BCUT2D eigenvalue weighted by Gasteiger charge is 2.35. The lowest BCUT2D eigenvalue weighted by Crippen LogP contribution is -2.45. The van der Waals surface area contributed by atoms with Crippen LogP contribution in [0.3, 0.4) is 0 Å². The summed E-state index contributed by atoms with van der Waals surface area (Å²) in [6.45, 7) is 2.13. The smallest absolute Gasteiger partial charge is 0.237 e. The van der Waals surface area contributed by atoms with Gasteiger partial charge in [0.05, 0.1) is 12.1 Å². The van der Waals surface area contributed by atoms with Crippen LogP contribution < -0.4 is 32.2 Å². The fourth-order valence-corrected chi connectivity index (χ4v) is 4.06. The zero-order valence-electron chi connectivity index (χ0n) is 20.6. The lowest BCUT2D eigenvalue weighted by Gasteiger charge is -2.17. The number of ether oxygens (including phenoxy) is 1. The van der Waals surface area contributed by atoms with Crippen molar-refractivity contribution in [1.29, 1.82) is 0 Å². The van der Waals surface area contributed by atoms with Crippen LogP contribution in [0.25, 0.3) is 0 Å². The first kappa shape index (κ1) is 26.7. The summed E-state index contributed by atoms with van der Waals surface area (Å²) in [7, 11) is 1.67. The number of carbonyl (C=O) groups excluding carboxylic acids is 2. The topological polar surface area (TPSA) is 132 Å². The Bertz CT molecular complexity index is 946. The minimum Gasteiger partial charge on any atom is -0.492 e. The van der Waals surface area contributed by atoms with E-state index in [1.54, 1.807) is 7.05 Å². The van der Waals surface area contributed by atoms with Gasteiger partial charge in [0.2, 0.25) is 11.8 Å². The van der Waals surface area contributed by atoms with Gasteiger partial charge >= 0.3 is 0 Å². The molecular formula is C27H39N5O3. The van der Waals surface area contributed by atoms with Gasteiger partial charge < -0.3 is 32.2 Å². The lowest BCUT2D eigenvalue weighted by molar-refractivity contribution is -0.123. The molecular weight excluding hydrogens is 442 g/mol. The van der Waals surface area contributed by atoms with E-state index in [9.17, 15) is 9.59 Å². The van der Waals surface area contributed by atoms with Crippen LogP contribution >= 0.6 is 0 Å². The van der Waals surface area contributed by atoms with Crippen molar-refractivity contribution in [2.24, 2.45) is 17.4 Å². The Morgan fingerprint density at radius 1 is 1.03 bits per heavy atom. The van der Waals surface area contributed by atoms with Gasteiger partial charge in [0.1, 0.15) is 12.4 Å². The number of benzene rings is 2. The summed E-state index contributed by atoms with van der Waals surface area (Å²) in [4.78, 5) is 24.4. The third-order valence-electron chi connectivity index (χ3n) is 6.29. The average Bonchev–Trinajstić information content (AvgIpc) is 3.72. The predicted octanol–water partition coefficient (Wildman–Crippen LogP) is 1.26. The van der Waals surface area contributed by atoms with Gasteiger partial charge in [-0.2, -0.15) is 0 Å². The van der Waals surface area contributed by atoms with E-state index in [0.29, 0.717) is 38.6 Å². The fourth-order valence-electron chi connectivity index (χ4n) is 4.06. The first-order valence-electron chi connectivity index (χ1n) is 12.5. The van der Waals surface area contributed by atoms with Crippen LogP contribution in [0.4, 0.5) is 0 Å². The molecule has 1 saturated carbocycles. The van der Waals surface area contributed by atoms with Crippen LogP contribution in [0.2, 0.25) is 0 Å². The zero-order chi connectivity index (χ0) is 25.0. The minimum atomic E-state index is -0.587. The molecule has 0 heterocycles. The third kappa shape index (κ3) is 8.65. The Morgan fingerprint density at radius 3 is 2.43 bits per heavy atom. The van der Waals surface area contributed by atoms with E-state index in [-0.39, 0.29) is 17.9 Å². The molecule has 0 radical (unpaired) electrons. The highest BCUT2D eigenvalue weighted by molar-refractivity contribution is 5.82. The van der Waals surface area contributed by atoms with E-state index < -0.39 is 6.04 Å². The average molecular weight is 482 g/mol. The van der Waals surface area contributed by atoms with Crippen molar-refractivity contribution in [3.05, 3.63) is 65.2 Å². The van der Waals surface area contributed by atoms with E-state index in [0.717, 1.165) is 48.1 Å². The maximum Gasteiger partial charge on any atom is 0.237 e. The van der Waals surface area contributed by atoms with Gasteiger partial charge in [-0.3, -0.25) is 9.59 Å². The molecule has 1 fully saturated rings. The van der Waals surface area contributed by atoms with Crippen LogP contribution in [0, 0.1) is 5.92 Å². The third-order valence-corrected chi connectivity index (χ3v) is 6.29. The Kier molecular flexibility index (Phi) is 10.5. The molecule has 35 heavy (non-hydrogen) atoms. The van der Waals surface area contributed by atoms with Crippen LogP contribution in [0.5, 0.6) is 5.75 Å². The quantitative estimate of drug-likeness (QED) is 0.243. The number of nitrogens with two attached hydrogens (primary N) is 2. The number of hydrogen-bond acceptors (Lipinski definition) is 6. The number of amides is 2. The lowest BCUT2D eigenvalue weighted by atomic mass is 10.0. The van der Waals surface area contributed by atoms with Gasteiger partial charge in [-0.1, -0.05) is 42.5 Å². The minimum absolute atomic E-state index is 0.0409. The van der Waals surface area contributed by atoms with E-state index in [4.69, 9.17) is 16.2 Å². The molecule has 2 aromatic rings. The maximum absolute atomic E-state index is 12.4. The largest absolute Gasteiger partial charge is 0.492 e. The van der Waals surface area contributed by atoms with E-state index in [1.807, 2.05) is 48.5 Å². The number of aryl methyl sites for hydroxylation is 1. The highest BCUT2D eigenvalue weighted by atomic mass is 16.5. The van der Waals surface area contributed by atoms with Gasteiger partial charge in [-0.15, -0.1) is 0 Å². The number of likely N-dealkylation sites (N-methyl/N-ethyl adjacent to an activating group) is 1. The molecule has 3 rings (SSSR count). The molecule has 0 aromatic heterocycles. The molecule has 2 amide bonds. The van der Waals surface area contributed by atoms with Gasteiger partial charge in [0.15, 0.2) is 0 Å². The molecule has 0 unspecified atom stereocenters. The van der Waals surface area contributed by atoms with E-state index in [2.05, 4.69) is 16.0 Å². The molecule has 1 aliphatic rings. The number of nitrogens with one attached hydrogen (secondary N) is 3. The molecule has 0 spiro atoms. The predicted molar refractivity (Wildman–Crippen MR) is 138 cm³/mol. The molecule has 190 valence electrons.